The number of benzene rings is 1. The fourth-order valence-corrected chi connectivity index (χ4v) is 3.61. The van der Waals surface area contributed by atoms with E-state index in [1.54, 1.807) is 18.3 Å². The number of aryl methyl sites for hydroxylation is 1. The summed E-state index contributed by atoms with van der Waals surface area (Å²) in [6, 6.07) is 9.05. The number of nitrogens with zero attached hydrogens (tertiary/aromatic N) is 2. The van der Waals surface area contributed by atoms with E-state index in [4.69, 9.17) is 0 Å². The predicted octanol–water partition coefficient (Wildman–Crippen LogP) is 3.64. The quantitative estimate of drug-likeness (QED) is 0.500. The summed E-state index contributed by atoms with van der Waals surface area (Å²) in [5, 5.41) is 5.68. The topological polar surface area (TPSA) is 116 Å². The van der Waals surface area contributed by atoms with Gasteiger partial charge in [0.05, 0.1) is 11.9 Å². The minimum Gasteiger partial charge on any atom is -0.328 e. The molecule has 2 heterocycles. The van der Waals surface area contributed by atoms with Gasteiger partial charge in [-0.15, -0.1) is 0 Å². The van der Waals surface area contributed by atoms with Crippen LogP contribution in [0.25, 0.3) is 0 Å². The Kier molecular flexibility index (Phi) is 5.65. The fourth-order valence-electron chi connectivity index (χ4n) is 3.61. The standard InChI is InChI=1S/C22H26N6O2/c1-3-13(2)19(29)27-22-24-16-10-9-15(11-17(16)25-22)18-12-23-21(26-18)28-20(30)14-7-5-4-6-8-14/h4-8,12-13,15H,3,9-11H2,1-2H3,(H2,23,26,28,30)(H2,24,25,27,29)/t13-,15+/m1/s1. The minimum absolute atomic E-state index is 0.0208. The van der Waals surface area contributed by atoms with Crippen LogP contribution in [0.4, 0.5) is 11.9 Å². The Morgan fingerprint density at radius 3 is 2.73 bits per heavy atom. The summed E-state index contributed by atoms with van der Waals surface area (Å²) in [5.41, 5.74) is 3.60. The Labute approximate surface area is 174 Å². The van der Waals surface area contributed by atoms with E-state index >= 15 is 0 Å². The Hall–Kier alpha value is -3.42. The summed E-state index contributed by atoms with van der Waals surface area (Å²) in [7, 11) is 0. The van der Waals surface area contributed by atoms with Gasteiger partial charge in [0.2, 0.25) is 17.8 Å². The summed E-state index contributed by atoms with van der Waals surface area (Å²) in [4.78, 5) is 39.8. The van der Waals surface area contributed by atoms with Gasteiger partial charge >= 0.3 is 0 Å². The Bertz CT molecular complexity index is 1040. The maximum absolute atomic E-state index is 12.3. The van der Waals surface area contributed by atoms with E-state index in [0.29, 0.717) is 17.5 Å². The molecule has 2 atom stereocenters. The zero-order chi connectivity index (χ0) is 21.1. The van der Waals surface area contributed by atoms with Gasteiger partial charge in [-0.2, -0.15) is 0 Å². The van der Waals surface area contributed by atoms with Crippen LogP contribution < -0.4 is 10.6 Å². The molecule has 156 valence electrons. The van der Waals surface area contributed by atoms with Crippen LogP contribution in [0.15, 0.2) is 36.5 Å². The van der Waals surface area contributed by atoms with Crippen LogP contribution in [-0.4, -0.2) is 31.8 Å². The van der Waals surface area contributed by atoms with E-state index < -0.39 is 0 Å². The molecule has 3 aromatic rings. The molecule has 0 radical (unpaired) electrons. The number of imidazole rings is 2. The van der Waals surface area contributed by atoms with Crippen LogP contribution >= 0.6 is 0 Å². The molecule has 0 aliphatic heterocycles. The van der Waals surface area contributed by atoms with Crippen molar-refractivity contribution in [1.29, 1.82) is 0 Å². The average Bonchev–Trinajstić information content (AvgIpc) is 3.39. The van der Waals surface area contributed by atoms with E-state index in [-0.39, 0.29) is 23.7 Å². The zero-order valence-electron chi connectivity index (χ0n) is 17.2. The third kappa shape index (κ3) is 4.27. The second-order valence-electron chi connectivity index (χ2n) is 7.76. The molecule has 8 heteroatoms. The lowest BCUT2D eigenvalue weighted by Crippen LogP contribution is -2.20. The van der Waals surface area contributed by atoms with Crippen molar-refractivity contribution in [3.63, 3.8) is 0 Å². The predicted molar refractivity (Wildman–Crippen MR) is 114 cm³/mol. The van der Waals surface area contributed by atoms with Gasteiger partial charge < -0.3 is 9.97 Å². The van der Waals surface area contributed by atoms with Gasteiger partial charge in [-0.25, -0.2) is 9.97 Å². The van der Waals surface area contributed by atoms with Gasteiger partial charge in [0.15, 0.2) is 0 Å². The van der Waals surface area contributed by atoms with Crippen molar-refractivity contribution < 1.29 is 9.59 Å². The molecule has 1 aliphatic carbocycles. The maximum atomic E-state index is 12.3. The number of amides is 2. The molecular weight excluding hydrogens is 380 g/mol. The smallest absolute Gasteiger partial charge is 0.257 e. The summed E-state index contributed by atoms with van der Waals surface area (Å²) in [6.07, 6.45) is 5.08. The van der Waals surface area contributed by atoms with Gasteiger partial charge in [-0.1, -0.05) is 32.0 Å². The van der Waals surface area contributed by atoms with Crippen molar-refractivity contribution in [3.8, 4) is 0 Å². The maximum Gasteiger partial charge on any atom is 0.257 e. The highest BCUT2D eigenvalue weighted by molar-refractivity contribution is 6.03. The second-order valence-corrected chi connectivity index (χ2v) is 7.76. The normalized spacial score (nSPS) is 16.5. The van der Waals surface area contributed by atoms with Crippen molar-refractivity contribution in [2.45, 2.75) is 45.4 Å². The van der Waals surface area contributed by atoms with Gasteiger partial charge in [0.1, 0.15) is 0 Å². The molecule has 0 saturated heterocycles. The van der Waals surface area contributed by atoms with Crippen LogP contribution in [0.5, 0.6) is 0 Å². The molecule has 4 rings (SSSR count). The zero-order valence-corrected chi connectivity index (χ0v) is 17.2. The van der Waals surface area contributed by atoms with Crippen LogP contribution in [0, 0.1) is 5.92 Å². The average molecular weight is 406 g/mol. The van der Waals surface area contributed by atoms with Gasteiger partial charge in [-0.3, -0.25) is 20.2 Å². The molecule has 4 N–H and O–H groups in total. The lowest BCUT2D eigenvalue weighted by Gasteiger charge is -2.19. The first-order valence-corrected chi connectivity index (χ1v) is 10.3. The summed E-state index contributed by atoms with van der Waals surface area (Å²) >= 11 is 0. The highest BCUT2D eigenvalue weighted by atomic mass is 16.2. The number of carbonyl (C=O) groups is 2. The number of hydrogen-bond donors (Lipinski definition) is 4. The van der Waals surface area contributed by atoms with Crippen LogP contribution in [0.2, 0.25) is 0 Å². The molecule has 30 heavy (non-hydrogen) atoms. The number of carbonyl (C=O) groups excluding carboxylic acids is 2. The van der Waals surface area contributed by atoms with E-state index in [0.717, 1.165) is 42.8 Å². The Balaban J connectivity index is 1.40. The summed E-state index contributed by atoms with van der Waals surface area (Å²) in [5.74, 6) is 0.938. The molecular formula is C22H26N6O2. The lowest BCUT2D eigenvalue weighted by atomic mass is 9.88. The molecule has 0 spiro atoms. The number of hydrogen-bond acceptors (Lipinski definition) is 4. The minimum atomic E-state index is -0.197. The van der Waals surface area contributed by atoms with Crippen LogP contribution in [-0.2, 0) is 17.6 Å². The number of aromatic amines is 2. The van der Waals surface area contributed by atoms with Crippen molar-refractivity contribution in [2.75, 3.05) is 10.6 Å². The number of H-pyrrole nitrogens is 2. The second kappa shape index (κ2) is 8.52. The molecule has 0 saturated carbocycles. The number of fused-ring (bicyclic) bond motifs is 1. The van der Waals surface area contributed by atoms with Crippen LogP contribution in [0.3, 0.4) is 0 Å². The fraction of sp³-hybridized carbons (Fsp3) is 0.364. The van der Waals surface area contributed by atoms with Gasteiger partial charge in [0, 0.05) is 28.8 Å². The van der Waals surface area contributed by atoms with E-state index in [2.05, 4.69) is 30.6 Å². The first kappa shape index (κ1) is 19.9. The number of anilines is 2. The van der Waals surface area contributed by atoms with Crippen molar-refractivity contribution >= 4 is 23.7 Å². The van der Waals surface area contributed by atoms with Crippen molar-refractivity contribution in [3.05, 3.63) is 59.2 Å². The van der Waals surface area contributed by atoms with E-state index in [1.807, 2.05) is 32.0 Å². The highest BCUT2D eigenvalue weighted by Crippen LogP contribution is 2.32. The van der Waals surface area contributed by atoms with Gasteiger partial charge in [-0.05, 0) is 37.8 Å². The Morgan fingerprint density at radius 1 is 1.17 bits per heavy atom. The molecule has 8 nitrogen and oxygen atoms in total. The molecule has 0 fully saturated rings. The van der Waals surface area contributed by atoms with E-state index in [9.17, 15) is 9.59 Å². The molecule has 0 unspecified atom stereocenters. The highest BCUT2D eigenvalue weighted by Gasteiger charge is 2.25. The number of nitrogens with one attached hydrogen (secondary N) is 4. The first-order chi connectivity index (χ1) is 14.5. The third-order valence-electron chi connectivity index (χ3n) is 5.65. The molecule has 1 aliphatic rings. The largest absolute Gasteiger partial charge is 0.328 e. The summed E-state index contributed by atoms with van der Waals surface area (Å²) in [6.45, 7) is 3.89. The molecule has 2 amide bonds. The third-order valence-corrected chi connectivity index (χ3v) is 5.65. The number of aromatic nitrogens is 4. The summed E-state index contributed by atoms with van der Waals surface area (Å²) < 4.78 is 0. The van der Waals surface area contributed by atoms with Gasteiger partial charge in [0.25, 0.3) is 5.91 Å². The Morgan fingerprint density at radius 2 is 1.97 bits per heavy atom. The molecule has 0 bridgehead atoms. The number of rotatable bonds is 6. The lowest BCUT2D eigenvalue weighted by molar-refractivity contribution is -0.119. The van der Waals surface area contributed by atoms with Crippen LogP contribution in [0.1, 0.15) is 60.0 Å². The molecule has 1 aromatic carbocycles. The first-order valence-electron chi connectivity index (χ1n) is 10.3. The van der Waals surface area contributed by atoms with Crippen molar-refractivity contribution in [1.82, 2.24) is 19.9 Å². The van der Waals surface area contributed by atoms with E-state index in [1.165, 1.54) is 0 Å². The molecule has 2 aromatic heterocycles. The monoisotopic (exact) mass is 406 g/mol. The van der Waals surface area contributed by atoms with Crippen molar-refractivity contribution in [2.24, 2.45) is 5.92 Å². The SMILES string of the molecule is CC[C@@H](C)C(=O)Nc1nc2c([nH]1)C[C@@H](c1cnc(NC(=O)c3ccccc3)[nH]1)CC2.